The Labute approximate surface area is 231 Å². The zero-order chi connectivity index (χ0) is 26.5. The van der Waals surface area contributed by atoms with Gasteiger partial charge in [0.25, 0.3) is 0 Å². The quantitative estimate of drug-likeness (QED) is 0.235. The normalized spacial score (nSPS) is 11.5. The Balaban J connectivity index is 1.43. The molecule has 0 aliphatic carbocycles. The second-order valence-electron chi connectivity index (χ2n) is 10.0. The molecule has 0 N–H and O–H groups in total. The van der Waals surface area contributed by atoms with Gasteiger partial charge in [-0.1, -0.05) is 109 Å². The number of para-hydroxylation sites is 1. The minimum absolute atomic E-state index is 0.871. The Bertz CT molecular complexity index is 2080. The standard InChI is InChI=1S/C37H24N2O/c1-4-12-25(13-5-1)29-22-31(26-14-6-2-7-15-26)38-35(24-29)39-32-19-11-10-18-30(32)36-33(39)21-20-28-23-34(40-37(28)36)27-16-8-3-9-17-27/h1-24H. The van der Waals surface area contributed by atoms with Crippen LogP contribution in [0.4, 0.5) is 0 Å². The lowest BCUT2D eigenvalue weighted by Crippen LogP contribution is -2.00. The summed E-state index contributed by atoms with van der Waals surface area (Å²) in [5, 5.41) is 3.33. The van der Waals surface area contributed by atoms with E-state index in [4.69, 9.17) is 9.40 Å². The molecule has 0 spiro atoms. The predicted octanol–water partition coefficient (Wildman–Crippen LogP) is 9.93. The van der Waals surface area contributed by atoms with Crippen LogP contribution in [0.3, 0.4) is 0 Å². The molecular formula is C37H24N2O. The molecule has 0 radical (unpaired) electrons. The fourth-order valence-corrected chi connectivity index (χ4v) is 5.73. The Hall–Kier alpha value is -5.41. The van der Waals surface area contributed by atoms with Crippen molar-refractivity contribution in [2.75, 3.05) is 0 Å². The van der Waals surface area contributed by atoms with E-state index < -0.39 is 0 Å². The molecule has 0 saturated carbocycles. The van der Waals surface area contributed by atoms with E-state index in [0.717, 1.165) is 72.3 Å². The van der Waals surface area contributed by atoms with Crippen LogP contribution in [0.2, 0.25) is 0 Å². The summed E-state index contributed by atoms with van der Waals surface area (Å²) >= 11 is 0. The van der Waals surface area contributed by atoms with Gasteiger partial charge in [-0.2, -0.15) is 0 Å². The second kappa shape index (κ2) is 9.11. The van der Waals surface area contributed by atoms with Gasteiger partial charge in [0.2, 0.25) is 0 Å². The maximum absolute atomic E-state index is 6.58. The van der Waals surface area contributed by atoms with E-state index in [9.17, 15) is 0 Å². The molecule has 0 atom stereocenters. The molecule has 8 aromatic rings. The Kier molecular flexibility index (Phi) is 5.14. The monoisotopic (exact) mass is 512 g/mol. The first kappa shape index (κ1) is 22.6. The van der Waals surface area contributed by atoms with Crippen molar-refractivity contribution in [1.29, 1.82) is 0 Å². The van der Waals surface area contributed by atoms with E-state index in [0.29, 0.717) is 0 Å². The van der Waals surface area contributed by atoms with Crippen molar-refractivity contribution >= 4 is 32.8 Å². The van der Waals surface area contributed by atoms with Crippen LogP contribution in [-0.2, 0) is 0 Å². The van der Waals surface area contributed by atoms with Crippen molar-refractivity contribution in [3.05, 3.63) is 146 Å². The van der Waals surface area contributed by atoms with Gasteiger partial charge in [0.1, 0.15) is 17.2 Å². The maximum Gasteiger partial charge on any atom is 0.144 e. The number of rotatable bonds is 4. The van der Waals surface area contributed by atoms with Crippen molar-refractivity contribution in [2.45, 2.75) is 0 Å². The zero-order valence-electron chi connectivity index (χ0n) is 21.7. The summed E-state index contributed by atoms with van der Waals surface area (Å²) in [4.78, 5) is 5.24. The summed E-state index contributed by atoms with van der Waals surface area (Å²) in [6.45, 7) is 0. The van der Waals surface area contributed by atoms with Gasteiger partial charge in [-0.3, -0.25) is 4.57 Å². The fourth-order valence-electron chi connectivity index (χ4n) is 5.73. The molecule has 0 unspecified atom stereocenters. The number of aromatic nitrogens is 2. The van der Waals surface area contributed by atoms with E-state index >= 15 is 0 Å². The lowest BCUT2D eigenvalue weighted by molar-refractivity contribution is 0.635. The van der Waals surface area contributed by atoms with Gasteiger partial charge < -0.3 is 4.42 Å². The molecular weight excluding hydrogens is 488 g/mol. The van der Waals surface area contributed by atoms with Gasteiger partial charge in [-0.05, 0) is 47.5 Å². The number of hydrogen-bond donors (Lipinski definition) is 0. The molecule has 0 bridgehead atoms. The lowest BCUT2D eigenvalue weighted by atomic mass is 10.0. The highest BCUT2D eigenvalue weighted by atomic mass is 16.3. The molecule has 40 heavy (non-hydrogen) atoms. The SMILES string of the molecule is c1ccc(-c2cc(-c3ccccc3)nc(-n3c4ccccc4c4c5oc(-c6ccccc6)cc5ccc43)c2)cc1. The topological polar surface area (TPSA) is 31.0 Å². The number of furan rings is 1. The summed E-state index contributed by atoms with van der Waals surface area (Å²) in [5.41, 5.74) is 8.44. The molecule has 3 heteroatoms. The van der Waals surface area contributed by atoms with E-state index in [1.54, 1.807) is 0 Å². The summed E-state index contributed by atoms with van der Waals surface area (Å²) in [5.74, 6) is 1.75. The third-order valence-electron chi connectivity index (χ3n) is 7.60. The highest BCUT2D eigenvalue weighted by Crippen LogP contribution is 2.40. The van der Waals surface area contributed by atoms with E-state index in [2.05, 4.69) is 126 Å². The first-order chi connectivity index (χ1) is 19.8. The molecule has 3 heterocycles. The third kappa shape index (κ3) is 3.63. The van der Waals surface area contributed by atoms with Crippen LogP contribution in [0.1, 0.15) is 0 Å². The fraction of sp³-hybridized carbons (Fsp3) is 0. The van der Waals surface area contributed by atoms with Gasteiger partial charge in [-0.25, -0.2) is 4.98 Å². The average molecular weight is 513 g/mol. The lowest BCUT2D eigenvalue weighted by Gasteiger charge is -2.13. The van der Waals surface area contributed by atoms with Crippen LogP contribution >= 0.6 is 0 Å². The van der Waals surface area contributed by atoms with Gasteiger partial charge >= 0.3 is 0 Å². The Morgan fingerprint density at radius 3 is 1.90 bits per heavy atom. The number of fused-ring (bicyclic) bond motifs is 5. The minimum atomic E-state index is 0.871. The largest absolute Gasteiger partial charge is 0.455 e. The molecule has 8 rings (SSSR count). The zero-order valence-corrected chi connectivity index (χ0v) is 21.7. The summed E-state index contributed by atoms with van der Waals surface area (Å²) < 4.78 is 8.85. The highest BCUT2D eigenvalue weighted by Gasteiger charge is 2.19. The Morgan fingerprint density at radius 1 is 0.500 bits per heavy atom. The molecule has 0 fully saturated rings. The summed E-state index contributed by atoms with van der Waals surface area (Å²) in [7, 11) is 0. The Morgan fingerprint density at radius 2 is 1.15 bits per heavy atom. The summed E-state index contributed by atoms with van der Waals surface area (Å²) in [6.07, 6.45) is 0. The van der Waals surface area contributed by atoms with Crippen molar-refractivity contribution in [3.63, 3.8) is 0 Å². The number of benzene rings is 5. The van der Waals surface area contributed by atoms with Gasteiger partial charge in [0, 0.05) is 21.9 Å². The van der Waals surface area contributed by atoms with Gasteiger partial charge in [0.15, 0.2) is 0 Å². The van der Waals surface area contributed by atoms with Crippen LogP contribution in [0.25, 0.3) is 72.3 Å². The van der Waals surface area contributed by atoms with Crippen LogP contribution < -0.4 is 0 Å². The minimum Gasteiger partial charge on any atom is -0.455 e. The average Bonchev–Trinajstić information content (AvgIpc) is 3.62. The molecule has 3 nitrogen and oxygen atoms in total. The van der Waals surface area contributed by atoms with Crippen LogP contribution in [-0.4, -0.2) is 9.55 Å². The van der Waals surface area contributed by atoms with Gasteiger partial charge in [0.05, 0.1) is 22.1 Å². The number of pyridine rings is 1. The smallest absolute Gasteiger partial charge is 0.144 e. The highest BCUT2D eigenvalue weighted by molar-refractivity contribution is 6.20. The van der Waals surface area contributed by atoms with Crippen molar-refractivity contribution in [2.24, 2.45) is 0 Å². The number of hydrogen-bond acceptors (Lipinski definition) is 2. The molecule has 0 aliphatic rings. The molecule has 0 aliphatic heterocycles. The third-order valence-corrected chi connectivity index (χ3v) is 7.60. The van der Waals surface area contributed by atoms with Crippen molar-refractivity contribution < 1.29 is 4.42 Å². The first-order valence-electron chi connectivity index (χ1n) is 13.5. The second-order valence-corrected chi connectivity index (χ2v) is 10.0. The molecule has 3 aromatic heterocycles. The van der Waals surface area contributed by atoms with Crippen LogP contribution in [0.15, 0.2) is 150 Å². The van der Waals surface area contributed by atoms with E-state index in [1.165, 1.54) is 0 Å². The molecule has 188 valence electrons. The first-order valence-corrected chi connectivity index (χ1v) is 13.5. The molecule has 0 saturated heterocycles. The van der Waals surface area contributed by atoms with Crippen LogP contribution in [0, 0.1) is 0 Å². The number of nitrogens with zero attached hydrogens (tertiary/aromatic N) is 2. The predicted molar refractivity (Wildman–Crippen MR) is 165 cm³/mol. The van der Waals surface area contributed by atoms with E-state index in [1.807, 2.05) is 24.3 Å². The maximum atomic E-state index is 6.58. The summed E-state index contributed by atoms with van der Waals surface area (Å²) in [6, 6.07) is 50.6. The van der Waals surface area contributed by atoms with Gasteiger partial charge in [-0.15, -0.1) is 0 Å². The molecule has 5 aromatic carbocycles. The molecule has 0 amide bonds. The van der Waals surface area contributed by atoms with E-state index in [-0.39, 0.29) is 0 Å². The van der Waals surface area contributed by atoms with Crippen molar-refractivity contribution in [3.8, 4) is 39.5 Å². The van der Waals surface area contributed by atoms with Crippen LogP contribution in [0.5, 0.6) is 0 Å². The van der Waals surface area contributed by atoms with Crippen molar-refractivity contribution in [1.82, 2.24) is 9.55 Å².